The molecule has 6 heteroatoms. The molecule has 18 heavy (non-hydrogen) atoms. The van der Waals surface area contributed by atoms with Crippen LogP contribution >= 0.6 is 0 Å². The average Bonchev–Trinajstić information content (AvgIpc) is 2.13. The standard InChI is InChI=1S/C12H16F2N2O2/c1-7(12(2,3)4)15-10-6-8(13)5-9(14)11(10)16(17)18/h5-7,15H,1-4H3. The number of anilines is 1. The minimum Gasteiger partial charge on any atom is -0.376 e. The summed E-state index contributed by atoms with van der Waals surface area (Å²) < 4.78 is 26.5. The third-order valence-electron chi connectivity index (χ3n) is 2.88. The Hall–Kier alpha value is -1.72. The molecule has 0 bridgehead atoms. The highest BCUT2D eigenvalue weighted by Crippen LogP contribution is 2.31. The van der Waals surface area contributed by atoms with Gasteiger partial charge in [-0.3, -0.25) is 10.1 Å². The number of hydrogen-bond acceptors (Lipinski definition) is 3. The minimum absolute atomic E-state index is 0.139. The zero-order chi connectivity index (χ0) is 14.1. The highest BCUT2D eigenvalue weighted by molar-refractivity contribution is 5.62. The molecule has 0 spiro atoms. The maximum absolute atomic E-state index is 13.4. The van der Waals surface area contributed by atoms with Crippen molar-refractivity contribution in [2.75, 3.05) is 5.32 Å². The monoisotopic (exact) mass is 258 g/mol. The molecule has 0 fully saturated rings. The first-order valence-corrected chi connectivity index (χ1v) is 5.53. The van der Waals surface area contributed by atoms with Gasteiger partial charge >= 0.3 is 5.69 Å². The molecule has 0 amide bonds. The summed E-state index contributed by atoms with van der Waals surface area (Å²) >= 11 is 0. The summed E-state index contributed by atoms with van der Waals surface area (Å²) in [5.41, 5.74) is -1.07. The van der Waals surface area contributed by atoms with Crippen molar-refractivity contribution in [1.82, 2.24) is 0 Å². The maximum Gasteiger partial charge on any atom is 0.327 e. The topological polar surface area (TPSA) is 55.2 Å². The van der Waals surface area contributed by atoms with Gasteiger partial charge in [-0.25, -0.2) is 4.39 Å². The molecule has 0 saturated carbocycles. The molecular weight excluding hydrogens is 242 g/mol. The van der Waals surface area contributed by atoms with Crippen LogP contribution in [0.4, 0.5) is 20.2 Å². The van der Waals surface area contributed by atoms with Crippen molar-refractivity contribution in [2.24, 2.45) is 5.41 Å². The second-order valence-electron chi connectivity index (χ2n) is 5.27. The summed E-state index contributed by atoms with van der Waals surface area (Å²) in [6.07, 6.45) is 0. The van der Waals surface area contributed by atoms with Crippen molar-refractivity contribution in [2.45, 2.75) is 33.7 Å². The predicted octanol–water partition coefficient (Wildman–Crippen LogP) is 3.72. The van der Waals surface area contributed by atoms with E-state index < -0.39 is 22.2 Å². The number of nitrogens with zero attached hydrogens (tertiary/aromatic N) is 1. The number of nitrogens with one attached hydrogen (secondary N) is 1. The fourth-order valence-electron chi connectivity index (χ4n) is 1.31. The quantitative estimate of drug-likeness (QED) is 0.664. The Balaban J connectivity index is 3.19. The largest absolute Gasteiger partial charge is 0.376 e. The van der Waals surface area contributed by atoms with E-state index >= 15 is 0 Å². The van der Waals surface area contributed by atoms with Gasteiger partial charge in [-0.2, -0.15) is 4.39 Å². The van der Waals surface area contributed by atoms with Crippen LogP contribution in [-0.2, 0) is 0 Å². The Bertz CT molecular complexity index is 470. The lowest BCUT2D eigenvalue weighted by Gasteiger charge is -2.28. The lowest BCUT2D eigenvalue weighted by molar-refractivity contribution is -0.386. The summed E-state index contributed by atoms with van der Waals surface area (Å²) in [5, 5.41) is 13.6. The highest BCUT2D eigenvalue weighted by atomic mass is 19.1. The normalized spacial score (nSPS) is 13.2. The van der Waals surface area contributed by atoms with Gasteiger partial charge in [0.15, 0.2) is 0 Å². The van der Waals surface area contributed by atoms with E-state index in [1.54, 1.807) is 6.92 Å². The van der Waals surface area contributed by atoms with E-state index in [9.17, 15) is 18.9 Å². The van der Waals surface area contributed by atoms with Gasteiger partial charge in [-0.15, -0.1) is 0 Å². The van der Waals surface area contributed by atoms with Gasteiger partial charge in [-0.05, 0) is 12.3 Å². The molecule has 1 aromatic rings. The van der Waals surface area contributed by atoms with Crippen LogP contribution in [0.5, 0.6) is 0 Å². The van der Waals surface area contributed by atoms with Crippen molar-refractivity contribution in [3.05, 3.63) is 33.9 Å². The molecule has 1 atom stereocenters. The third kappa shape index (κ3) is 3.15. The SMILES string of the molecule is CC(Nc1cc(F)cc(F)c1[N+](=O)[O-])C(C)(C)C. The van der Waals surface area contributed by atoms with E-state index in [2.05, 4.69) is 5.32 Å². The van der Waals surface area contributed by atoms with Gasteiger partial charge in [0, 0.05) is 18.2 Å². The highest BCUT2D eigenvalue weighted by Gasteiger charge is 2.26. The summed E-state index contributed by atoms with van der Waals surface area (Å²) in [4.78, 5) is 9.93. The molecule has 1 aromatic carbocycles. The van der Waals surface area contributed by atoms with Crippen molar-refractivity contribution < 1.29 is 13.7 Å². The fraction of sp³-hybridized carbons (Fsp3) is 0.500. The number of nitro groups is 1. The second kappa shape index (κ2) is 4.88. The molecule has 0 aliphatic rings. The van der Waals surface area contributed by atoms with Gasteiger partial charge in [0.2, 0.25) is 5.82 Å². The van der Waals surface area contributed by atoms with Crippen molar-refractivity contribution in [1.29, 1.82) is 0 Å². The fourth-order valence-corrected chi connectivity index (χ4v) is 1.31. The first-order valence-electron chi connectivity index (χ1n) is 5.53. The van der Waals surface area contributed by atoms with E-state index in [1.807, 2.05) is 20.8 Å². The molecule has 0 aromatic heterocycles. The Labute approximate surface area is 104 Å². The molecule has 4 nitrogen and oxygen atoms in total. The van der Waals surface area contributed by atoms with E-state index in [-0.39, 0.29) is 17.1 Å². The molecule has 0 heterocycles. The molecule has 0 saturated heterocycles. The van der Waals surface area contributed by atoms with E-state index in [0.29, 0.717) is 6.07 Å². The number of benzene rings is 1. The van der Waals surface area contributed by atoms with Crippen molar-refractivity contribution in [3.63, 3.8) is 0 Å². The summed E-state index contributed by atoms with van der Waals surface area (Å²) in [6, 6.07) is 1.26. The number of nitro benzene ring substituents is 1. The molecule has 1 rings (SSSR count). The predicted molar refractivity (Wildman–Crippen MR) is 65.6 cm³/mol. The third-order valence-corrected chi connectivity index (χ3v) is 2.88. The second-order valence-corrected chi connectivity index (χ2v) is 5.27. The molecular formula is C12H16F2N2O2. The first kappa shape index (κ1) is 14.3. The van der Waals surface area contributed by atoms with E-state index in [4.69, 9.17) is 0 Å². The first-order chi connectivity index (χ1) is 8.12. The summed E-state index contributed by atoms with van der Waals surface area (Å²) in [5.74, 6) is -2.02. The van der Waals surface area contributed by atoms with Crippen LogP contribution in [0.2, 0.25) is 0 Å². The number of rotatable bonds is 3. The van der Waals surface area contributed by atoms with Gasteiger partial charge in [0.25, 0.3) is 0 Å². The Morgan fingerprint density at radius 1 is 1.33 bits per heavy atom. The molecule has 100 valence electrons. The Kier molecular flexibility index (Phi) is 3.88. The number of halogens is 2. The van der Waals surface area contributed by atoms with Crippen LogP contribution in [0.1, 0.15) is 27.7 Å². The zero-order valence-electron chi connectivity index (χ0n) is 10.8. The van der Waals surface area contributed by atoms with Crippen LogP contribution in [0, 0.1) is 27.2 Å². The van der Waals surface area contributed by atoms with Gasteiger partial charge < -0.3 is 5.32 Å². The maximum atomic E-state index is 13.4. The van der Waals surface area contributed by atoms with Crippen LogP contribution in [0.3, 0.4) is 0 Å². The Morgan fingerprint density at radius 3 is 2.33 bits per heavy atom. The minimum atomic E-state index is -1.18. The molecule has 0 radical (unpaired) electrons. The van der Waals surface area contributed by atoms with Gasteiger partial charge in [0.05, 0.1) is 4.92 Å². The van der Waals surface area contributed by atoms with E-state index in [0.717, 1.165) is 6.07 Å². The smallest absolute Gasteiger partial charge is 0.327 e. The number of hydrogen-bond donors (Lipinski definition) is 1. The summed E-state index contributed by atoms with van der Waals surface area (Å²) in [6.45, 7) is 7.57. The zero-order valence-corrected chi connectivity index (χ0v) is 10.8. The summed E-state index contributed by atoms with van der Waals surface area (Å²) in [7, 11) is 0. The van der Waals surface area contributed by atoms with Crippen LogP contribution < -0.4 is 5.32 Å². The van der Waals surface area contributed by atoms with Crippen LogP contribution in [0.25, 0.3) is 0 Å². The Morgan fingerprint density at radius 2 is 1.89 bits per heavy atom. The van der Waals surface area contributed by atoms with Gasteiger partial charge in [0.1, 0.15) is 11.5 Å². The molecule has 1 unspecified atom stereocenters. The molecule has 1 N–H and O–H groups in total. The average molecular weight is 258 g/mol. The van der Waals surface area contributed by atoms with Crippen LogP contribution in [-0.4, -0.2) is 11.0 Å². The van der Waals surface area contributed by atoms with Crippen molar-refractivity contribution in [3.8, 4) is 0 Å². The lowest BCUT2D eigenvalue weighted by atomic mass is 9.88. The van der Waals surface area contributed by atoms with E-state index in [1.165, 1.54) is 0 Å². The molecule has 0 aliphatic carbocycles. The molecule has 0 aliphatic heterocycles. The van der Waals surface area contributed by atoms with Gasteiger partial charge in [-0.1, -0.05) is 20.8 Å². The lowest BCUT2D eigenvalue weighted by Crippen LogP contribution is -2.31. The van der Waals surface area contributed by atoms with Crippen LogP contribution in [0.15, 0.2) is 12.1 Å². The van der Waals surface area contributed by atoms with Crippen molar-refractivity contribution >= 4 is 11.4 Å².